The number of carboxylic acid groups (broad SMARTS) is 1. The summed E-state index contributed by atoms with van der Waals surface area (Å²) in [5.41, 5.74) is 0.477. The number of esters is 1. The van der Waals surface area contributed by atoms with Crippen LogP contribution in [0.1, 0.15) is 59.9 Å². The first-order chi connectivity index (χ1) is 17.4. The first-order valence-corrected chi connectivity index (χ1v) is 12.4. The first kappa shape index (κ1) is 31.7. The van der Waals surface area contributed by atoms with Gasteiger partial charge >= 0.3 is 24.2 Å². The summed E-state index contributed by atoms with van der Waals surface area (Å²) in [5.74, 6) is -1.52. The summed E-state index contributed by atoms with van der Waals surface area (Å²) < 4.78 is 25.7. The summed E-state index contributed by atoms with van der Waals surface area (Å²) in [6.07, 6.45) is -1.56. The molecule has 37 heavy (non-hydrogen) atoms. The van der Waals surface area contributed by atoms with Crippen LogP contribution in [-0.4, -0.2) is 61.3 Å². The van der Waals surface area contributed by atoms with Gasteiger partial charge in [0.25, 0.3) is 0 Å². The van der Waals surface area contributed by atoms with Gasteiger partial charge < -0.3 is 34.1 Å². The van der Waals surface area contributed by atoms with E-state index in [4.69, 9.17) is 23.7 Å². The number of carboxylic acids is 1. The molecule has 1 aromatic carbocycles. The number of aliphatic carboxylic acids is 1. The molecule has 2 atom stereocenters. The quantitative estimate of drug-likeness (QED) is 0.191. The van der Waals surface area contributed by atoms with E-state index in [9.17, 15) is 24.3 Å². The van der Waals surface area contributed by atoms with Gasteiger partial charge in [-0.3, -0.25) is 9.59 Å². The number of hydrogen-bond acceptors (Lipinski definition) is 10. The molecule has 1 unspecified atom stereocenters. The van der Waals surface area contributed by atoms with Crippen molar-refractivity contribution in [3.8, 4) is 11.5 Å². The summed E-state index contributed by atoms with van der Waals surface area (Å²) in [6, 6.07) is 3.28. The van der Waals surface area contributed by atoms with Crippen LogP contribution in [0, 0.1) is 11.8 Å². The van der Waals surface area contributed by atoms with E-state index in [1.807, 2.05) is 34.6 Å². The molecule has 2 N–H and O–H groups in total. The number of carbonyl (C=O) groups excluding carboxylic acids is 3. The minimum Gasteiger partial charge on any atom is -0.480 e. The molecule has 0 bridgehead atoms. The Kier molecular flexibility index (Phi) is 14.1. The summed E-state index contributed by atoms with van der Waals surface area (Å²) >= 11 is 0. The largest absolute Gasteiger partial charge is 0.513 e. The highest BCUT2D eigenvalue weighted by atomic mass is 16.7. The Bertz CT molecular complexity index is 899. The zero-order valence-electron chi connectivity index (χ0n) is 22.4. The fourth-order valence-electron chi connectivity index (χ4n) is 2.87. The van der Waals surface area contributed by atoms with Crippen LogP contribution >= 0.6 is 0 Å². The maximum absolute atomic E-state index is 12.2. The van der Waals surface area contributed by atoms with Crippen molar-refractivity contribution in [2.45, 2.75) is 73.0 Å². The molecule has 1 aromatic rings. The number of hydrogen-bond donors (Lipinski definition) is 2. The van der Waals surface area contributed by atoms with Crippen LogP contribution in [-0.2, 0) is 30.2 Å². The normalized spacial score (nSPS) is 12.5. The van der Waals surface area contributed by atoms with E-state index in [1.54, 1.807) is 13.0 Å². The summed E-state index contributed by atoms with van der Waals surface area (Å²) in [6.45, 7) is 11.4. The van der Waals surface area contributed by atoms with Crippen molar-refractivity contribution in [2.75, 3.05) is 19.8 Å². The van der Waals surface area contributed by atoms with E-state index in [1.165, 1.54) is 12.1 Å². The van der Waals surface area contributed by atoms with Crippen molar-refractivity contribution in [1.82, 2.24) is 5.32 Å². The Labute approximate surface area is 217 Å². The minimum absolute atomic E-state index is 0.000434. The predicted octanol–water partition coefficient (Wildman–Crippen LogP) is 4.35. The fourth-order valence-corrected chi connectivity index (χ4v) is 2.87. The van der Waals surface area contributed by atoms with Crippen LogP contribution in [0.5, 0.6) is 11.5 Å². The molecular weight excluding hydrogens is 486 g/mol. The van der Waals surface area contributed by atoms with Crippen LogP contribution in [0.25, 0.3) is 0 Å². The zero-order valence-corrected chi connectivity index (χ0v) is 22.4. The molecule has 1 rings (SSSR count). The van der Waals surface area contributed by atoms with Gasteiger partial charge in [0.1, 0.15) is 12.1 Å². The SMILES string of the molecule is CCCC(=O)OC(C)CN[C@@H](Cc1ccc(OC(=O)OCC(C)C)c(OC(=O)OCC(C)C)c1)C(=O)O. The van der Waals surface area contributed by atoms with Gasteiger partial charge in [-0.05, 0) is 49.3 Å². The van der Waals surface area contributed by atoms with Gasteiger partial charge in [-0.2, -0.15) is 0 Å². The molecule has 0 aromatic heterocycles. The molecule has 0 heterocycles. The van der Waals surface area contributed by atoms with E-state index in [2.05, 4.69) is 5.32 Å². The molecule has 0 fully saturated rings. The Morgan fingerprint density at radius 1 is 0.892 bits per heavy atom. The minimum atomic E-state index is -1.12. The van der Waals surface area contributed by atoms with Crippen LogP contribution < -0.4 is 14.8 Å². The third-order valence-corrected chi connectivity index (χ3v) is 4.64. The van der Waals surface area contributed by atoms with Crippen LogP contribution in [0.4, 0.5) is 9.59 Å². The highest BCUT2D eigenvalue weighted by molar-refractivity contribution is 5.74. The highest BCUT2D eigenvalue weighted by Crippen LogP contribution is 2.30. The standard InChI is InChI=1S/C26H39NO10/c1-7-8-23(28)35-18(6)13-27-20(24(29)30)11-19-9-10-21(36-25(31)33-14-16(2)3)22(12-19)37-26(32)34-15-17(4)5/h9-10,12,16-18,20,27H,7-8,11,13-15H2,1-6H3,(H,29,30)/t18?,20-/m0/s1. The smallest absolute Gasteiger partial charge is 0.480 e. The van der Waals surface area contributed by atoms with E-state index >= 15 is 0 Å². The lowest BCUT2D eigenvalue weighted by molar-refractivity contribution is -0.148. The van der Waals surface area contributed by atoms with E-state index in [-0.39, 0.29) is 61.9 Å². The van der Waals surface area contributed by atoms with Crippen LogP contribution in [0.15, 0.2) is 18.2 Å². The molecule has 0 saturated carbocycles. The van der Waals surface area contributed by atoms with Crippen LogP contribution in [0.2, 0.25) is 0 Å². The molecule has 0 radical (unpaired) electrons. The molecule has 0 amide bonds. The number of carbonyl (C=O) groups is 4. The molecule has 0 aliphatic carbocycles. The monoisotopic (exact) mass is 525 g/mol. The molecule has 0 aliphatic heterocycles. The summed E-state index contributed by atoms with van der Waals surface area (Å²) in [7, 11) is 0. The first-order valence-electron chi connectivity index (χ1n) is 12.4. The van der Waals surface area contributed by atoms with Crippen molar-refractivity contribution in [3.63, 3.8) is 0 Å². The van der Waals surface area contributed by atoms with E-state index in [0.29, 0.717) is 12.0 Å². The lowest BCUT2D eigenvalue weighted by Gasteiger charge is -2.19. The van der Waals surface area contributed by atoms with Gasteiger partial charge in [-0.25, -0.2) is 9.59 Å². The number of rotatable bonds is 15. The van der Waals surface area contributed by atoms with E-state index < -0.39 is 30.4 Å². The highest BCUT2D eigenvalue weighted by Gasteiger charge is 2.22. The molecule has 11 nitrogen and oxygen atoms in total. The van der Waals surface area contributed by atoms with Crippen molar-refractivity contribution in [2.24, 2.45) is 11.8 Å². The number of ether oxygens (including phenoxy) is 5. The van der Waals surface area contributed by atoms with Crippen molar-refractivity contribution in [3.05, 3.63) is 23.8 Å². The molecule has 0 spiro atoms. The van der Waals surface area contributed by atoms with Crippen LogP contribution in [0.3, 0.4) is 0 Å². The Morgan fingerprint density at radius 2 is 1.46 bits per heavy atom. The lowest BCUT2D eigenvalue weighted by atomic mass is 10.0. The molecule has 0 saturated heterocycles. The number of benzene rings is 1. The van der Waals surface area contributed by atoms with Gasteiger partial charge in [0.15, 0.2) is 11.5 Å². The molecule has 208 valence electrons. The Balaban J connectivity index is 2.99. The average Bonchev–Trinajstić information content (AvgIpc) is 2.80. The second-order valence-corrected chi connectivity index (χ2v) is 9.45. The molecule has 11 heteroatoms. The maximum Gasteiger partial charge on any atom is 0.513 e. The molecule has 0 aliphatic rings. The second kappa shape index (κ2) is 16.4. The topological polar surface area (TPSA) is 147 Å². The Morgan fingerprint density at radius 3 is 1.97 bits per heavy atom. The average molecular weight is 526 g/mol. The second-order valence-electron chi connectivity index (χ2n) is 9.45. The summed E-state index contributed by atoms with van der Waals surface area (Å²) in [5, 5.41) is 12.5. The fraction of sp³-hybridized carbons (Fsp3) is 0.615. The summed E-state index contributed by atoms with van der Waals surface area (Å²) in [4.78, 5) is 47.7. The lowest BCUT2D eigenvalue weighted by Crippen LogP contribution is -2.42. The maximum atomic E-state index is 12.2. The molecular formula is C26H39NO10. The van der Waals surface area contributed by atoms with Gasteiger partial charge in [-0.1, -0.05) is 40.7 Å². The van der Waals surface area contributed by atoms with Crippen molar-refractivity contribution >= 4 is 24.2 Å². The van der Waals surface area contributed by atoms with Crippen molar-refractivity contribution < 1.29 is 48.0 Å². The third-order valence-electron chi connectivity index (χ3n) is 4.64. The van der Waals surface area contributed by atoms with Gasteiger partial charge in [0, 0.05) is 13.0 Å². The van der Waals surface area contributed by atoms with Crippen molar-refractivity contribution in [1.29, 1.82) is 0 Å². The zero-order chi connectivity index (χ0) is 28.0. The Hall–Kier alpha value is -3.34. The predicted molar refractivity (Wildman–Crippen MR) is 134 cm³/mol. The van der Waals surface area contributed by atoms with Gasteiger partial charge in [0.2, 0.25) is 0 Å². The van der Waals surface area contributed by atoms with Gasteiger partial charge in [0.05, 0.1) is 13.2 Å². The van der Waals surface area contributed by atoms with E-state index in [0.717, 1.165) is 0 Å². The number of nitrogens with one attached hydrogen (secondary N) is 1. The third kappa shape index (κ3) is 13.5. The van der Waals surface area contributed by atoms with Gasteiger partial charge in [-0.15, -0.1) is 0 Å².